The summed E-state index contributed by atoms with van der Waals surface area (Å²) in [6.07, 6.45) is 1.68. The molecule has 0 aliphatic carbocycles. The zero-order valence-electron chi connectivity index (χ0n) is 13.3. The van der Waals surface area contributed by atoms with Crippen LogP contribution in [0.15, 0.2) is 46.8 Å². The van der Waals surface area contributed by atoms with Gasteiger partial charge in [0.1, 0.15) is 0 Å². The molecule has 0 amide bonds. The lowest BCUT2D eigenvalue weighted by molar-refractivity contribution is 0.470. The topological polar surface area (TPSA) is 50.3 Å². The molecule has 3 aromatic rings. The molecule has 4 nitrogen and oxygen atoms in total. The van der Waals surface area contributed by atoms with Crippen LogP contribution in [0.25, 0.3) is 10.9 Å². The summed E-state index contributed by atoms with van der Waals surface area (Å²) in [6, 6.07) is 9.07. The van der Waals surface area contributed by atoms with E-state index in [9.17, 15) is 8.42 Å². The van der Waals surface area contributed by atoms with Gasteiger partial charge in [0.2, 0.25) is 10.0 Å². The summed E-state index contributed by atoms with van der Waals surface area (Å²) < 4.78 is 27.4. The Morgan fingerprint density at radius 2 is 1.91 bits per heavy atom. The average Bonchev–Trinajstić information content (AvgIpc) is 2.93. The van der Waals surface area contributed by atoms with Gasteiger partial charge in [-0.05, 0) is 54.6 Å². The number of aryl methyl sites for hydroxylation is 2. The first kappa shape index (κ1) is 16.1. The molecule has 0 fully saturated rings. The summed E-state index contributed by atoms with van der Waals surface area (Å²) in [5, 5.41) is 2.65. The van der Waals surface area contributed by atoms with Gasteiger partial charge in [-0.2, -0.15) is 4.31 Å². The van der Waals surface area contributed by atoms with Gasteiger partial charge in [-0.3, -0.25) is 4.98 Å². The molecule has 23 heavy (non-hydrogen) atoms. The highest BCUT2D eigenvalue weighted by Gasteiger charge is 2.24. The molecule has 0 aliphatic heterocycles. The maximum absolute atomic E-state index is 13.0. The third kappa shape index (κ3) is 2.89. The Bertz CT molecular complexity index is 962. The molecule has 0 unspecified atom stereocenters. The fourth-order valence-electron chi connectivity index (χ4n) is 2.53. The Kier molecular flexibility index (Phi) is 4.23. The van der Waals surface area contributed by atoms with Crippen LogP contribution in [0, 0.1) is 13.8 Å². The number of thiophene rings is 1. The Morgan fingerprint density at radius 1 is 1.13 bits per heavy atom. The number of pyridine rings is 1. The first-order valence-corrected chi connectivity index (χ1v) is 9.57. The summed E-state index contributed by atoms with van der Waals surface area (Å²) in [5.41, 5.74) is 2.82. The van der Waals surface area contributed by atoms with Gasteiger partial charge in [0.25, 0.3) is 0 Å². The first-order chi connectivity index (χ1) is 10.9. The number of fused-ring (bicyclic) bond motifs is 1. The van der Waals surface area contributed by atoms with Crippen LogP contribution in [0.1, 0.15) is 16.0 Å². The lowest BCUT2D eigenvalue weighted by Crippen LogP contribution is -2.26. The quantitative estimate of drug-likeness (QED) is 0.723. The van der Waals surface area contributed by atoms with Gasteiger partial charge >= 0.3 is 0 Å². The van der Waals surface area contributed by atoms with Crippen molar-refractivity contribution in [1.29, 1.82) is 0 Å². The Labute approximate surface area is 140 Å². The third-order valence-corrected chi connectivity index (χ3v) is 6.82. The standard InChI is InChI=1S/C17H18N2O2S2/c1-12-8-10-22-15(12)11-19(3)23(20,21)16-7-6-13(2)17-14(16)5-4-9-18-17/h4-10H,11H2,1-3H3. The average molecular weight is 346 g/mol. The molecule has 0 saturated carbocycles. The van der Waals surface area contributed by atoms with E-state index in [0.717, 1.165) is 21.5 Å². The first-order valence-electron chi connectivity index (χ1n) is 7.25. The zero-order valence-corrected chi connectivity index (χ0v) is 14.9. The van der Waals surface area contributed by atoms with E-state index in [1.54, 1.807) is 36.7 Å². The molecule has 0 radical (unpaired) electrons. The minimum atomic E-state index is -3.58. The van der Waals surface area contributed by atoms with E-state index in [-0.39, 0.29) is 0 Å². The number of benzene rings is 1. The SMILES string of the molecule is Cc1ccsc1CN(C)S(=O)(=O)c1ccc(C)c2ncccc12. The maximum Gasteiger partial charge on any atom is 0.243 e. The number of sulfonamides is 1. The van der Waals surface area contributed by atoms with E-state index in [1.807, 2.05) is 37.4 Å². The predicted molar refractivity (Wildman–Crippen MR) is 94.2 cm³/mol. The van der Waals surface area contributed by atoms with Gasteiger partial charge in [0, 0.05) is 30.1 Å². The van der Waals surface area contributed by atoms with Crippen molar-refractivity contribution in [2.45, 2.75) is 25.3 Å². The second-order valence-corrected chi connectivity index (χ2v) is 8.58. The molecule has 0 saturated heterocycles. The van der Waals surface area contributed by atoms with Crippen molar-refractivity contribution >= 4 is 32.3 Å². The summed E-state index contributed by atoms with van der Waals surface area (Å²) in [7, 11) is -1.95. The molecule has 0 bridgehead atoms. The van der Waals surface area contributed by atoms with E-state index < -0.39 is 10.0 Å². The molecule has 0 spiro atoms. The summed E-state index contributed by atoms with van der Waals surface area (Å²) >= 11 is 1.58. The fourth-order valence-corrected chi connectivity index (χ4v) is 4.89. The zero-order chi connectivity index (χ0) is 16.6. The van der Waals surface area contributed by atoms with Gasteiger partial charge < -0.3 is 0 Å². The lowest BCUT2D eigenvalue weighted by atomic mass is 10.1. The van der Waals surface area contributed by atoms with E-state index in [2.05, 4.69) is 4.98 Å². The van der Waals surface area contributed by atoms with Crippen LogP contribution >= 0.6 is 11.3 Å². The summed E-state index contributed by atoms with van der Waals surface area (Å²) in [4.78, 5) is 5.69. The highest BCUT2D eigenvalue weighted by atomic mass is 32.2. The highest BCUT2D eigenvalue weighted by molar-refractivity contribution is 7.89. The van der Waals surface area contributed by atoms with Crippen LogP contribution in [0.2, 0.25) is 0 Å². The monoisotopic (exact) mass is 346 g/mol. The van der Waals surface area contributed by atoms with Gasteiger partial charge in [-0.15, -0.1) is 11.3 Å². The molecular formula is C17H18N2O2S2. The number of hydrogen-bond donors (Lipinski definition) is 0. The van der Waals surface area contributed by atoms with Crippen LogP contribution < -0.4 is 0 Å². The molecule has 2 heterocycles. The second-order valence-electron chi connectivity index (χ2n) is 5.57. The van der Waals surface area contributed by atoms with Gasteiger partial charge in [-0.1, -0.05) is 6.07 Å². The molecule has 2 aromatic heterocycles. The van der Waals surface area contributed by atoms with Crippen molar-refractivity contribution in [1.82, 2.24) is 9.29 Å². The normalized spacial score (nSPS) is 12.2. The van der Waals surface area contributed by atoms with Crippen molar-refractivity contribution < 1.29 is 8.42 Å². The van der Waals surface area contributed by atoms with Crippen molar-refractivity contribution in [3.63, 3.8) is 0 Å². The lowest BCUT2D eigenvalue weighted by Gasteiger charge is -2.18. The minimum absolute atomic E-state index is 0.308. The van der Waals surface area contributed by atoms with Crippen LogP contribution in [0.4, 0.5) is 0 Å². The molecule has 0 aliphatic rings. The molecule has 0 atom stereocenters. The molecule has 0 N–H and O–H groups in total. The Balaban J connectivity index is 2.06. The van der Waals surface area contributed by atoms with E-state index >= 15 is 0 Å². The largest absolute Gasteiger partial charge is 0.256 e. The van der Waals surface area contributed by atoms with Crippen LogP contribution in [-0.2, 0) is 16.6 Å². The van der Waals surface area contributed by atoms with Crippen molar-refractivity contribution in [2.75, 3.05) is 7.05 Å². The number of aromatic nitrogens is 1. The Morgan fingerprint density at radius 3 is 2.61 bits per heavy atom. The van der Waals surface area contributed by atoms with Gasteiger partial charge in [-0.25, -0.2) is 8.42 Å². The number of rotatable bonds is 4. The maximum atomic E-state index is 13.0. The molecule has 120 valence electrons. The van der Waals surface area contributed by atoms with Crippen molar-refractivity contribution in [3.05, 3.63) is 57.9 Å². The van der Waals surface area contributed by atoms with Crippen LogP contribution in [0.5, 0.6) is 0 Å². The fraction of sp³-hybridized carbons (Fsp3) is 0.235. The summed E-state index contributed by atoms with van der Waals surface area (Å²) in [6.45, 7) is 4.31. The van der Waals surface area contributed by atoms with E-state index in [1.165, 1.54) is 4.31 Å². The molecular weight excluding hydrogens is 328 g/mol. The smallest absolute Gasteiger partial charge is 0.243 e. The summed E-state index contributed by atoms with van der Waals surface area (Å²) in [5.74, 6) is 0. The number of nitrogens with zero attached hydrogens (tertiary/aromatic N) is 2. The predicted octanol–water partition coefficient (Wildman–Crippen LogP) is 3.73. The van der Waals surface area contributed by atoms with E-state index in [0.29, 0.717) is 16.8 Å². The van der Waals surface area contributed by atoms with Crippen LogP contribution in [-0.4, -0.2) is 24.8 Å². The highest BCUT2D eigenvalue weighted by Crippen LogP contribution is 2.28. The second kappa shape index (κ2) is 6.03. The van der Waals surface area contributed by atoms with Gasteiger partial charge in [0.15, 0.2) is 0 Å². The van der Waals surface area contributed by atoms with Crippen molar-refractivity contribution in [3.8, 4) is 0 Å². The van der Waals surface area contributed by atoms with Crippen LogP contribution in [0.3, 0.4) is 0 Å². The molecule has 3 rings (SSSR count). The number of hydrogen-bond acceptors (Lipinski definition) is 4. The van der Waals surface area contributed by atoms with Gasteiger partial charge in [0.05, 0.1) is 10.4 Å². The Hall–Kier alpha value is -1.76. The minimum Gasteiger partial charge on any atom is -0.256 e. The third-order valence-electron chi connectivity index (χ3n) is 3.95. The van der Waals surface area contributed by atoms with E-state index in [4.69, 9.17) is 0 Å². The van der Waals surface area contributed by atoms with Crippen molar-refractivity contribution in [2.24, 2.45) is 0 Å². The molecule has 1 aromatic carbocycles. The molecule has 6 heteroatoms.